The van der Waals surface area contributed by atoms with Crippen LogP contribution in [0.3, 0.4) is 0 Å². The van der Waals surface area contributed by atoms with Crippen LogP contribution in [0.2, 0.25) is 5.15 Å². The number of para-hydroxylation sites is 1. The van der Waals surface area contributed by atoms with Crippen molar-refractivity contribution in [2.24, 2.45) is 0 Å². The number of hydrogen-bond donors (Lipinski definition) is 0. The average molecular weight is 291 g/mol. The first-order chi connectivity index (χ1) is 9.61. The molecule has 0 aliphatic rings. The van der Waals surface area contributed by atoms with E-state index in [9.17, 15) is 0 Å². The van der Waals surface area contributed by atoms with Crippen LogP contribution in [0.15, 0.2) is 30.3 Å². The summed E-state index contributed by atoms with van der Waals surface area (Å²) in [6.45, 7) is 6.87. The van der Waals surface area contributed by atoms with E-state index in [2.05, 4.69) is 30.7 Å². The van der Waals surface area contributed by atoms with Gasteiger partial charge in [0.25, 0.3) is 0 Å². The van der Waals surface area contributed by atoms with E-state index in [0.717, 1.165) is 29.3 Å². The van der Waals surface area contributed by atoms with Crippen molar-refractivity contribution in [3.63, 3.8) is 0 Å². The van der Waals surface area contributed by atoms with Crippen LogP contribution in [0.1, 0.15) is 38.9 Å². The normalized spacial score (nSPS) is 10.8. The van der Waals surface area contributed by atoms with E-state index in [-0.39, 0.29) is 5.92 Å². The first-order valence-electron chi connectivity index (χ1n) is 6.88. The average Bonchev–Trinajstić information content (AvgIpc) is 2.44. The highest BCUT2D eigenvalue weighted by Gasteiger charge is 2.12. The van der Waals surface area contributed by atoms with Crippen LogP contribution >= 0.6 is 11.6 Å². The Bertz CT molecular complexity index is 584. The maximum Gasteiger partial charge on any atom is 0.133 e. The van der Waals surface area contributed by atoms with Gasteiger partial charge < -0.3 is 4.74 Å². The zero-order valence-electron chi connectivity index (χ0n) is 12.1. The van der Waals surface area contributed by atoms with E-state index >= 15 is 0 Å². The molecule has 1 aromatic heterocycles. The van der Waals surface area contributed by atoms with Gasteiger partial charge in [0.05, 0.1) is 12.3 Å². The van der Waals surface area contributed by atoms with Gasteiger partial charge in [-0.3, -0.25) is 0 Å². The Balaban J connectivity index is 2.45. The number of ether oxygens (including phenoxy) is 1. The van der Waals surface area contributed by atoms with Gasteiger partial charge in [-0.25, -0.2) is 9.97 Å². The Morgan fingerprint density at radius 3 is 2.65 bits per heavy atom. The molecule has 2 rings (SSSR count). The molecule has 2 aromatic rings. The third-order valence-corrected chi connectivity index (χ3v) is 3.05. The predicted molar refractivity (Wildman–Crippen MR) is 82.4 cm³/mol. The van der Waals surface area contributed by atoms with Gasteiger partial charge in [-0.1, -0.05) is 44.5 Å². The summed E-state index contributed by atoms with van der Waals surface area (Å²) >= 11 is 6.11. The number of aromatic nitrogens is 2. The van der Waals surface area contributed by atoms with E-state index < -0.39 is 0 Å². The fourth-order valence-corrected chi connectivity index (χ4v) is 2.04. The summed E-state index contributed by atoms with van der Waals surface area (Å²) < 4.78 is 5.78. The lowest BCUT2D eigenvalue weighted by Crippen LogP contribution is -2.01. The van der Waals surface area contributed by atoms with Crippen molar-refractivity contribution in [1.82, 2.24) is 9.97 Å². The molecule has 0 aliphatic heterocycles. The molecule has 106 valence electrons. The van der Waals surface area contributed by atoms with Crippen LogP contribution in [0, 0.1) is 0 Å². The van der Waals surface area contributed by atoms with Crippen molar-refractivity contribution >= 4 is 11.6 Å². The van der Waals surface area contributed by atoms with Gasteiger partial charge in [-0.2, -0.15) is 0 Å². The molecule has 0 atom stereocenters. The SMILES string of the molecule is CCCOc1ccccc1-c1cc(Cl)nc(C(C)C)n1. The van der Waals surface area contributed by atoms with Gasteiger partial charge in [0.2, 0.25) is 0 Å². The van der Waals surface area contributed by atoms with E-state index in [1.165, 1.54) is 0 Å². The molecule has 3 nitrogen and oxygen atoms in total. The van der Waals surface area contributed by atoms with E-state index in [0.29, 0.717) is 11.8 Å². The lowest BCUT2D eigenvalue weighted by Gasteiger charge is -2.12. The number of rotatable bonds is 5. The Labute approximate surface area is 125 Å². The summed E-state index contributed by atoms with van der Waals surface area (Å²) in [6.07, 6.45) is 0.968. The van der Waals surface area contributed by atoms with Crippen LogP contribution in [-0.4, -0.2) is 16.6 Å². The van der Waals surface area contributed by atoms with Gasteiger partial charge >= 0.3 is 0 Å². The molecular formula is C16H19ClN2O. The molecule has 0 spiro atoms. The Morgan fingerprint density at radius 1 is 1.20 bits per heavy atom. The predicted octanol–water partition coefficient (Wildman–Crippen LogP) is 4.71. The Hall–Kier alpha value is -1.61. The first-order valence-corrected chi connectivity index (χ1v) is 7.26. The van der Waals surface area contributed by atoms with Crippen molar-refractivity contribution in [3.05, 3.63) is 41.3 Å². The lowest BCUT2D eigenvalue weighted by atomic mass is 10.1. The van der Waals surface area contributed by atoms with E-state index in [4.69, 9.17) is 16.3 Å². The van der Waals surface area contributed by atoms with Crippen LogP contribution < -0.4 is 4.74 Å². The number of halogens is 1. The molecule has 0 amide bonds. The zero-order valence-corrected chi connectivity index (χ0v) is 12.8. The quantitative estimate of drug-likeness (QED) is 0.748. The first kappa shape index (κ1) is 14.8. The molecular weight excluding hydrogens is 272 g/mol. The van der Waals surface area contributed by atoms with Crippen molar-refractivity contribution in [1.29, 1.82) is 0 Å². The second-order valence-corrected chi connectivity index (χ2v) is 5.32. The molecule has 20 heavy (non-hydrogen) atoms. The minimum absolute atomic E-state index is 0.233. The number of benzene rings is 1. The van der Waals surface area contributed by atoms with Gasteiger partial charge in [0.15, 0.2) is 0 Å². The highest BCUT2D eigenvalue weighted by molar-refractivity contribution is 6.29. The number of hydrogen-bond acceptors (Lipinski definition) is 3. The van der Waals surface area contributed by atoms with Gasteiger partial charge in [0, 0.05) is 17.5 Å². The fraction of sp³-hybridized carbons (Fsp3) is 0.375. The molecule has 0 bridgehead atoms. The van der Waals surface area contributed by atoms with Crippen molar-refractivity contribution < 1.29 is 4.74 Å². The van der Waals surface area contributed by atoms with Crippen LogP contribution in [0.25, 0.3) is 11.3 Å². The molecule has 0 radical (unpaired) electrons. The number of nitrogens with zero attached hydrogens (tertiary/aromatic N) is 2. The lowest BCUT2D eigenvalue weighted by molar-refractivity contribution is 0.318. The molecule has 0 aliphatic carbocycles. The van der Waals surface area contributed by atoms with Gasteiger partial charge in [0.1, 0.15) is 16.7 Å². The Kier molecular flexibility index (Phi) is 4.96. The minimum Gasteiger partial charge on any atom is -0.493 e. The standard InChI is InChI=1S/C16H19ClN2O/c1-4-9-20-14-8-6-5-7-12(14)13-10-15(17)19-16(18-13)11(2)3/h5-8,10-11H,4,9H2,1-3H3. The third-order valence-electron chi connectivity index (χ3n) is 2.85. The molecule has 0 unspecified atom stereocenters. The maximum atomic E-state index is 6.11. The maximum absolute atomic E-state index is 6.11. The fourth-order valence-electron chi connectivity index (χ4n) is 1.85. The van der Waals surface area contributed by atoms with Crippen molar-refractivity contribution in [2.45, 2.75) is 33.1 Å². The third kappa shape index (κ3) is 3.48. The summed E-state index contributed by atoms with van der Waals surface area (Å²) in [5.74, 6) is 1.81. The van der Waals surface area contributed by atoms with Crippen LogP contribution in [-0.2, 0) is 0 Å². The molecule has 0 fully saturated rings. The summed E-state index contributed by atoms with van der Waals surface area (Å²) in [5, 5.41) is 0.462. The summed E-state index contributed by atoms with van der Waals surface area (Å²) in [5.41, 5.74) is 1.76. The topological polar surface area (TPSA) is 35.0 Å². The van der Waals surface area contributed by atoms with Crippen molar-refractivity contribution in [2.75, 3.05) is 6.61 Å². The Morgan fingerprint density at radius 2 is 1.95 bits per heavy atom. The molecule has 1 aromatic carbocycles. The second-order valence-electron chi connectivity index (χ2n) is 4.93. The van der Waals surface area contributed by atoms with Crippen LogP contribution in [0.4, 0.5) is 0 Å². The van der Waals surface area contributed by atoms with Crippen LogP contribution in [0.5, 0.6) is 5.75 Å². The summed E-state index contributed by atoms with van der Waals surface area (Å²) in [6, 6.07) is 9.66. The van der Waals surface area contributed by atoms with Crippen molar-refractivity contribution in [3.8, 4) is 17.0 Å². The van der Waals surface area contributed by atoms with Gasteiger partial charge in [-0.05, 0) is 18.6 Å². The molecule has 0 saturated heterocycles. The zero-order chi connectivity index (χ0) is 14.5. The monoisotopic (exact) mass is 290 g/mol. The van der Waals surface area contributed by atoms with Gasteiger partial charge in [-0.15, -0.1) is 0 Å². The smallest absolute Gasteiger partial charge is 0.133 e. The second kappa shape index (κ2) is 6.71. The highest BCUT2D eigenvalue weighted by atomic mass is 35.5. The van der Waals surface area contributed by atoms with E-state index in [1.54, 1.807) is 6.07 Å². The molecule has 0 N–H and O–H groups in total. The molecule has 1 heterocycles. The van der Waals surface area contributed by atoms with E-state index in [1.807, 2.05) is 24.3 Å². The summed E-state index contributed by atoms with van der Waals surface area (Å²) in [7, 11) is 0. The molecule has 4 heteroatoms. The molecule has 0 saturated carbocycles. The minimum atomic E-state index is 0.233. The summed E-state index contributed by atoms with van der Waals surface area (Å²) in [4.78, 5) is 8.86. The highest BCUT2D eigenvalue weighted by Crippen LogP contribution is 2.30. The largest absolute Gasteiger partial charge is 0.493 e.